The van der Waals surface area contributed by atoms with E-state index in [0.717, 1.165) is 16.9 Å². The van der Waals surface area contributed by atoms with Crippen LogP contribution in [0.1, 0.15) is 25.6 Å². The van der Waals surface area contributed by atoms with Crippen molar-refractivity contribution in [3.05, 3.63) is 24.0 Å². The van der Waals surface area contributed by atoms with Gasteiger partial charge in [-0.05, 0) is 32.4 Å². The van der Waals surface area contributed by atoms with Gasteiger partial charge in [0, 0.05) is 19.0 Å². The molecule has 0 fully saturated rings. The Morgan fingerprint density at radius 2 is 2.20 bits per heavy atom. The number of benzene rings is 1. The number of esters is 1. The van der Waals surface area contributed by atoms with E-state index in [2.05, 4.69) is 4.98 Å². The van der Waals surface area contributed by atoms with Crippen LogP contribution in [0.5, 0.6) is 5.75 Å². The number of ether oxygens (including phenoxy) is 1. The van der Waals surface area contributed by atoms with Crippen LogP contribution in [-0.2, 0) is 16.1 Å². The van der Waals surface area contributed by atoms with Crippen molar-refractivity contribution >= 4 is 34.0 Å². The third-order valence-electron chi connectivity index (χ3n) is 2.99. The van der Waals surface area contributed by atoms with Crippen LogP contribution in [0.25, 0.3) is 11.0 Å². The van der Waals surface area contributed by atoms with Crippen LogP contribution in [0.2, 0.25) is 0 Å². The molecule has 0 bridgehead atoms. The largest absolute Gasteiger partial charge is 0.508 e. The van der Waals surface area contributed by atoms with Gasteiger partial charge in [-0.3, -0.25) is 4.79 Å². The maximum atomic E-state index is 11.3. The van der Waals surface area contributed by atoms with Crippen LogP contribution in [0.4, 0.5) is 0 Å². The second-order valence-electron chi connectivity index (χ2n) is 4.39. The fourth-order valence-corrected chi connectivity index (χ4v) is 2.14. The summed E-state index contributed by atoms with van der Waals surface area (Å²) in [4.78, 5) is 15.7. The van der Waals surface area contributed by atoms with Gasteiger partial charge in [0.05, 0.1) is 17.6 Å². The standard InChI is InChI=1S/C14H18N2O3.BrH/c1-3-19-14(18)5-4-8-16-10(2)15-12-9-11(17)6-7-13(12)16;/h6-7,9,17H,3-5,8H2,1-2H3;1H. The van der Waals surface area contributed by atoms with Crippen molar-refractivity contribution < 1.29 is 14.6 Å². The summed E-state index contributed by atoms with van der Waals surface area (Å²) in [6.07, 6.45) is 1.12. The Kier molecular flexibility index (Phi) is 6.01. The minimum absolute atomic E-state index is 0. The van der Waals surface area contributed by atoms with Gasteiger partial charge in [0.15, 0.2) is 0 Å². The molecule has 0 amide bonds. The molecule has 2 rings (SSSR count). The van der Waals surface area contributed by atoms with E-state index in [1.165, 1.54) is 0 Å². The lowest BCUT2D eigenvalue weighted by molar-refractivity contribution is -0.143. The number of imidazole rings is 1. The first-order valence-electron chi connectivity index (χ1n) is 6.43. The van der Waals surface area contributed by atoms with E-state index in [1.54, 1.807) is 19.1 Å². The number of aryl methyl sites for hydroxylation is 2. The number of carbonyl (C=O) groups is 1. The molecular formula is C14H19BrN2O3. The quantitative estimate of drug-likeness (QED) is 0.848. The molecule has 0 aliphatic heterocycles. The molecule has 5 nitrogen and oxygen atoms in total. The second kappa shape index (κ2) is 7.28. The number of phenols is 1. The molecule has 0 saturated carbocycles. The zero-order valence-corrected chi connectivity index (χ0v) is 13.3. The van der Waals surface area contributed by atoms with Gasteiger partial charge in [0.25, 0.3) is 0 Å². The summed E-state index contributed by atoms with van der Waals surface area (Å²) in [5.41, 5.74) is 1.74. The zero-order chi connectivity index (χ0) is 13.8. The molecule has 110 valence electrons. The van der Waals surface area contributed by atoms with Crippen molar-refractivity contribution in [3.8, 4) is 5.75 Å². The lowest BCUT2D eigenvalue weighted by Gasteiger charge is -2.06. The number of aromatic hydroxyl groups is 1. The molecule has 0 aliphatic rings. The number of rotatable bonds is 5. The lowest BCUT2D eigenvalue weighted by Crippen LogP contribution is -2.07. The van der Waals surface area contributed by atoms with Crippen molar-refractivity contribution in [1.29, 1.82) is 0 Å². The van der Waals surface area contributed by atoms with Gasteiger partial charge in [-0.2, -0.15) is 0 Å². The van der Waals surface area contributed by atoms with Gasteiger partial charge in [0.2, 0.25) is 0 Å². The van der Waals surface area contributed by atoms with E-state index >= 15 is 0 Å². The smallest absolute Gasteiger partial charge is 0.305 e. The number of nitrogens with zero attached hydrogens (tertiary/aromatic N) is 2. The Bertz CT molecular complexity index is 595. The first kappa shape index (κ1) is 16.5. The highest BCUT2D eigenvalue weighted by atomic mass is 79.9. The summed E-state index contributed by atoms with van der Waals surface area (Å²) >= 11 is 0. The lowest BCUT2D eigenvalue weighted by atomic mass is 10.2. The number of hydrogen-bond donors (Lipinski definition) is 1. The van der Waals surface area contributed by atoms with Gasteiger partial charge in [-0.1, -0.05) is 0 Å². The molecule has 0 unspecified atom stereocenters. The Labute approximate surface area is 128 Å². The molecule has 20 heavy (non-hydrogen) atoms. The van der Waals surface area contributed by atoms with Crippen LogP contribution in [0.3, 0.4) is 0 Å². The first-order chi connectivity index (χ1) is 9.11. The normalized spacial score (nSPS) is 10.3. The SMILES string of the molecule is Br.CCOC(=O)CCCn1c(C)nc2cc(O)ccc21. The summed E-state index contributed by atoms with van der Waals surface area (Å²) in [5.74, 6) is 0.926. The fraction of sp³-hybridized carbons (Fsp3) is 0.429. The molecule has 0 spiro atoms. The molecule has 1 heterocycles. The summed E-state index contributed by atoms with van der Waals surface area (Å²) in [7, 11) is 0. The molecule has 6 heteroatoms. The maximum Gasteiger partial charge on any atom is 0.305 e. The molecule has 0 aliphatic carbocycles. The van der Waals surface area contributed by atoms with Crippen LogP contribution in [0, 0.1) is 6.92 Å². The Morgan fingerprint density at radius 1 is 1.45 bits per heavy atom. The summed E-state index contributed by atoms with van der Waals surface area (Å²) in [5, 5.41) is 9.43. The third kappa shape index (κ3) is 3.72. The van der Waals surface area contributed by atoms with Gasteiger partial charge in [-0.25, -0.2) is 4.98 Å². The number of phenolic OH excluding ortho intramolecular Hbond substituents is 1. The number of fused-ring (bicyclic) bond motifs is 1. The van der Waals surface area contributed by atoms with Gasteiger partial charge < -0.3 is 14.4 Å². The number of carbonyl (C=O) groups excluding carboxylic acids is 1. The molecule has 0 radical (unpaired) electrons. The van der Waals surface area contributed by atoms with E-state index < -0.39 is 0 Å². The third-order valence-corrected chi connectivity index (χ3v) is 2.99. The Balaban J connectivity index is 0.00000200. The number of aromatic nitrogens is 2. The maximum absolute atomic E-state index is 11.3. The van der Waals surface area contributed by atoms with E-state index in [4.69, 9.17) is 4.74 Å². The van der Waals surface area contributed by atoms with E-state index in [0.29, 0.717) is 26.0 Å². The van der Waals surface area contributed by atoms with Crippen molar-refractivity contribution in [2.45, 2.75) is 33.2 Å². The molecular weight excluding hydrogens is 324 g/mol. The van der Waals surface area contributed by atoms with Gasteiger partial charge in [-0.15, -0.1) is 17.0 Å². The molecule has 1 aromatic carbocycles. The zero-order valence-electron chi connectivity index (χ0n) is 11.6. The number of halogens is 1. The van der Waals surface area contributed by atoms with Gasteiger partial charge >= 0.3 is 5.97 Å². The molecule has 0 saturated heterocycles. The highest BCUT2D eigenvalue weighted by molar-refractivity contribution is 8.93. The molecule has 1 N–H and O–H groups in total. The second-order valence-corrected chi connectivity index (χ2v) is 4.39. The highest BCUT2D eigenvalue weighted by Crippen LogP contribution is 2.21. The minimum atomic E-state index is -0.165. The van der Waals surface area contributed by atoms with Crippen molar-refractivity contribution in [2.75, 3.05) is 6.61 Å². The summed E-state index contributed by atoms with van der Waals surface area (Å²) in [6, 6.07) is 5.13. The molecule has 0 atom stereocenters. The van der Waals surface area contributed by atoms with E-state index in [9.17, 15) is 9.90 Å². The minimum Gasteiger partial charge on any atom is -0.508 e. The van der Waals surface area contributed by atoms with Crippen LogP contribution < -0.4 is 0 Å². The monoisotopic (exact) mass is 342 g/mol. The highest BCUT2D eigenvalue weighted by Gasteiger charge is 2.09. The Morgan fingerprint density at radius 3 is 2.90 bits per heavy atom. The van der Waals surface area contributed by atoms with Crippen molar-refractivity contribution in [3.63, 3.8) is 0 Å². The van der Waals surface area contributed by atoms with E-state index in [-0.39, 0.29) is 28.7 Å². The van der Waals surface area contributed by atoms with Crippen molar-refractivity contribution in [2.24, 2.45) is 0 Å². The van der Waals surface area contributed by atoms with E-state index in [1.807, 2.05) is 17.6 Å². The first-order valence-corrected chi connectivity index (χ1v) is 6.43. The van der Waals surface area contributed by atoms with Crippen LogP contribution >= 0.6 is 17.0 Å². The predicted molar refractivity (Wildman–Crippen MR) is 82.3 cm³/mol. The van der Waals surface area contributed by atoms with Gasteiger partial charge in [0.1, 0.15) is 11.6 Å². The average Bonchev–Trinajstić information content (AvgIpc) is 2.65. The van der Waals surface area contributed by atoms with Crippen LogP contribution in [0.15, 0.2) is 18.2 Å². The Hall–Kier alpha value is -1.56. The topological polar surface area (TPSA) is 64.4 Å². The number of hydrogen-bond acceptors (Lipinski definition) is 4. The fourth-order valence-electron chi connectivity index (χ4n) is 2.14. The van der Waals surface area contributed by atoms with Crippen molar-refractivity contribution in [1.82, 2.24) is 9.55 Å². The van der Waals surface area contributed by atoms with Crippen LogP contribution in [-0.4, -0.2) is 27.2 Å². The molecule has 2 aromatic rings. The molecule has 1 aromatic heterocycles. The average molecular weight is 343 g/mol. The summed E-state index contributed by atoms with van der Waals surface area (Å²) in [6.45, 7) is 4.86. The summed E-state index contributed by atoms with van der Waals surface area (Å²) < 4.78 is 6.95. The predicted octanol–water partition coefficient (Wildman–Crippen LogP) is 2.97.